The normalized spacial score (nSPS) is 13.6. The van der Waals surface area contributed by atoms with Crippen molar-refractivity contribution in [3.8, 4) is 5.75 Å². The van der Waals surface area contributed by atoms with Gasteiger partial charge in [-0.3, -0.25) is 4.79 Å². The van der Waals surface area contributed by atoms with Gasteiger partial charge in [0.25, 0.3) is 0 Å². The van der Waals surface area contributed by atoms with Crippen LogP contribution in [0.2, 0.25) is 0 Å². The van der Waals surface area contributed by atoms with Crippen LogP contribution in [-0.2, 0) is 11.3 Å². The number of nitrogens with zero attached hydrogens (tertiary/aromatic N) is 1. The van der Waals surface area contributed by atoms with Gasteiger partial charge in [-0.15, -0.1) is 0 Å². The first-order chi connectivity index (χ1) is 10.2. The van der Waals surface area contributed by atoms with E-state index >= 15 is 0 Å². The molecule has 0 bridgehead atoms. The predicted octanol–water partition coefficient (Wildman–Crippen LogP) is 2.24. The molecule has 21 heavy (non-hydrogen) atoms. The summed E-state index contributed by atoms with van der Waals surface area (Å²) in [6.45, 7) is 0.960. The zero-order valence-electron chi connectivity index (χ0n) is 11.8. The summed E-state index contributed by atoms with van der Waals surface area (Å²) >= 11 is 0. The summed E-state index contributed by atoms with van der Waals surface area (Å²) in [5.74, 6) is 0.658. The number of amides is 1. The van der Waals surface area contributed by atoms with Gasteiger partial charge in [-0.25, -0.2) is 0 Å². The zero-order chi connectivity index (χ0) is 14.8. The second kappa shape index (κ2) is 5.36. The fraction of sp³-hybridized carbons (Fsp3) is 0.188. The highest BCUT2D eigenvalue weighted by atomic mass is 16.5. The molecule has 1 heterocycles. The molecule has 1 amide bonds. The Bertz CT molecular complexity index is 685. The number of benzene rings is 2. The van der Waals surface area contributed by atoms with E-state index in [1.807, 2.05) is 47.4 Å². The molecule has 0 atom stereocenters. The number of anilines is 3. The van der Waals surface area contributed by atoms with Crippen molar-refractivity contribution in [3.05, 3.63) is 48.0 Å². The quantitative estimate of drug-likeness (QED) is 0.848. The lowest BCUT2D eigenvalue weighted by Gasteiger charge is -2.31. The number of para-hydroxylation sites is 2. The summed E-state index contributed by atoms with van der Waals surface area (Å²) < 4.78 is 5.16. The van der Waals surface area contributed by atoms with Crippen LogP contribution in [0, 0.1) is 0 Å². The van der Waals surface area contributed by atoms with Crippen molar-refractivity contribution in [2.24, 2.45) is 0 Å². The monoisotopic (exact) mass is 283 g/mol. The van der Waals surface area contributed by atoms with Crippen LogP contribution in [0.4, 0.5) is 17.1 Å². The van der Waals surface area contributed by atoms with Gasteiger partial charge in [0.2, 0.25) is 5.91 Å². The molecule has 0 fully saturated rings. The molecule has 0 aromatic heterocycles. The van der Waals surface area contributed by atoms with E-state index < -0.39 is 0 Å². The van der Waals surface area contributed by atoms with Crippen LogP contribution in [0.3, 0.4) is 0 Å². The number of hydrogen-bond acceptors (Lipinski definition) is 4. The Labute approximate surface area is 123 Å². The standard InChI is InChI=1S/C16H17N3O2/c1-21-15-7-6-11(8-12(15)17)9-19-10-16(20)18-13-4-2-3-5-14(13)19/h2-8H,9-10,17H2,1H3,(H,18,20). The number of carbonyl (C=O) groups is 1. The van der Waals surface area contributed by atoms with Crippen molar-refractivity contribution in [2.75, 3.05) is 29.6 Å². The SMILES string of the molecule is COc1ccc(CN2CC(=O)Nc3ccccc32)cc1N. The molecule has 0 unspecified atom stereocenters. The molecule has 5 nitrogen and oxygen atoms in total. The first-order valence-corrected chi connectivity index (χ1v) is 6.73. The van der Waals surface area contributed by atoms with Crippen molar-refractivity contribution in [2.45, 2.75) is 6.54 Å². The first-order valence-electron chi connectivity index (χ1n) is 6.73. The van der Waals surface area contributed by atoms with E-state index in [9.17, 15) is 4.79 Å². The van der Waals surface area contributed by atoms with E-state index in [-0.39, 0.29) is 5.91 Å². The van der Waals surface area contributed by atoms with Gasteiger partial charge in [0.05, 0.1) is 30.7 Å². The summed E-state index contributed by atoms with van der Waals surface area (Å²) in [5, 5.41) is 2.88. The van der Waals surface area contributed by atoms with Crippen LogP contribution >= 0.6 is 0 Å². The summed E-state index contributed by atoms with van der Waals surface area (Å²) in [4.78, 5) is 13.8. The molecule has 0 radical (unpaired) electrons. The minimum absolute atomic E-state index is 0.00446. The third kappa shape index (κ3) is 2.63. The second-order valence-corrected chi connectivity index (χ2v) is 5.00. The molecule has 3 N–H and O–H groups in total. The third-order valence-electron chi connectivity index (χ3n) is 3.52. The maximum Gasteiger partial charge on any atom is 0.243 e. The lowest BCUT2D eigenvalue weighted by Crippen LogP contribution is -2.37. The molecule has 108 valence electrons. The number of nitrogen functional groups attached to an aromatic ring is 1. The van der Waals surface area contributed by atoms with Gasteiger partial charge in [-0.05, 0) is 29.8 Å². The van der Waals surface area contributed by atoms with Gasteiger partial charge in [-0.1, -0.05) is 18.2 Å². The molecule has 0 saturated carbocycles. The fourth-order valence-corrected chi connectivity index (χ4v) is 2.55. The zero-order valence-corrected chi connectivity index (χ0v) is 11.8. The van der Waals surface area contributed by atoms with Gasteiger partial charge in [0.1, 0.15) is 5.75 Å². The summed E-state index contributed by atoms with van der Waals surface area (Å²) in [7, 11) is 1.59. The maximum absolute atomic E-state index is 11.8. The Morgan fingerprint density at radius 1 is 1.29 bits per heavy atom. The Balaban J connectivity index is 1.88. The van der Waals surface area contributed by atoms with Gasteiger partial charge < -0.3 is 20.7 Å². The van der Waals surface area contributed by atoms with E-state index in [4.69, 9.17) is 10.5 Å². The summed E-state index contributed by atoms with van der Waals surface area (Å²) in [6, 6.07) is 13.5. The van der Waals surface area contributed by atoms with Gasteiger partial charge in [0, 0.05) is 6.54 Å². The number of methoxy groups -OCH3 is 1. The highest BCUT2D eigenvalue weighted by Gasteiger charge is 2.21. The van der Waals surface area contributed by atoms with Gasteiger partial charge >= 0.3 is 0 Å². The average molecular weight is 283 g/mol. The average Bonchev–Trinajstić information content (AvgIpc) is 2.47. The molecule has 1 aliphatic rings. The van der Waals surface area contributed by atoms with E-state index in [1.165, 1.54) is 0 Å². The first kappa shape index (κ1) is 13.3. The van der Waals surface area contributed by atoms with E-state index in [0.717, 1.165) is 16.9 Å². The van der Waals surface area contributed by atoms with E-state index in [0.29, 0.717) is 24.5 Å². The van der Waals surface area contributed by atoms with Crippen LogP contribution < -0.4 is 20.7 Å². The lowest BCUT2D eigenvalue weighted by atomic mass is 10.1. The molecule has 2 aromatic rings. The highest BCUT2D eigenvalue weighted by Crippen LogP contribution is 2.31. The summed E-state index contributed by atoms with van der Waals surface area (Å²) in [6.07, 6.45) is 0. The summed E-state index contributed by atoms with van der Waals surface area (Å²) in [5.41, 5.74) is 9.44. The van der Waals surface area contributed by atoms with Crippen molar-refractivity contribution in [1.82, 2.24) is 0 Å². The maximum atomic E-state index is 11.8. The molecule has 3 rings (SSSR count). The molecule has 0 saturated heterocycles. The van der Waals surface area contributed by atoms with Crippen LogP contribution in [0.5, 0.6) is 5.75 Å². The Morgan fingerprint density at radius 2 is 2.10 bits per heavy atom. The molecular weight excluding hydrogens is 266 g/mol. The van der Waals surface area contributed by atoms with Crippen molar-refractivity contribution < 1.29 is 9.53 Å². The Morgan fingerprint density at radius 3 is 2.86 bits per heavy atom. The van der Waals surface area contributed by atoms with Crippen molar-refractivity contribution in [3.63, 3.8) is 0 Å². The smallest absolute Gasteiger partial charge is 0.243 e. The van der Waals surface area contributed by atoms with Crippen molar-refractivity contribution in [1.29, 1.82) is 0 Å². The molecule has 1 aliphatic heterocycles. The number of carbonyl (C=O) groups excluding carboxylic acids is 1. The number of nitrogens with two attached hydrogens (primary N) is 1. The van der Waals surface area contributed by atoms with Crippen LogP contribution in [0.15, 0.2) is 42.5 Å². The molecular formula is C16H17N3O2. The number of fused-ring (bicyclic) bond motifs is 1. The molecule has 2 aromatic carbocycles. The van der Waals surface area contributed by atoms with Gasteiger partial charge in [-0.2, -0.15) is 0 Å². The number of nitrogens with one attached hydrogen (secondary N) is 1. The third-order valence-corrected chi connectivity index (χ3v) is 3.52. The molecule has 0 spiro atoms. The largest absolute Gasteiger partial charge is 0.495 e. The predicted molar refractivity (Wildman–Crippen MR) is 83.5 cm³/mol. The Kier molecular flexibility index (Phi) is 3.39. The van der Waals surface area contributed by atoms with Gasteiger partial charge in [0.15, 0.2) is 0 Å². The van der Waals surface area contributed by atoms with Crippen molar-refractivity contribution >= 4 is 23.0 Å². The highest BCUT2D eigenvalue weighted by molar-refractivity contribution is 6.01. The number of ether oxygens (including phenoxy) is 1. The topological polar surface area (TPSA) is 67.6 Å². The minimum atomic E-state index is -0.00446. The van der Waals surface area contributed by atoms with Crippen LogP contribution in [0.1, 0.15) is 5.56 Å². The van der Waals surface area contributed by atoms with Crippen LogP contribution in [0.25, 0.3) is 0 Å². The number of rotatable bonds is 3. The van der Waals surface area contributed by atoms with Crippen LogP contribution in [-0.4, -0.2) is 19.6 Å². The molecule has 0 aliphatic carbocycles. The van der Waals surface area contributed by atoms with E-state index in [2.05, 4.69) is 5.32 Å². The van der Waals surface area contributed by atoms with E-state index in [1.54, 1.807) is 7.11 Å². The second-order valence-electron chi connectivity index (χ2n) is 5.00. The number of hydrogen-bond donors (Lipinski definition) is 2. The lowest BCUT2D eigenvalue weighted by molar-refractivity contribution is -0.115. The Hall–Kier alpha value is -2.69. The minimum Gasteiger partial charge on any atom is -0.495 e. The fourth-order valence-electron chi connectivity index (χ4n) is 2.55. The molecule has 5 heteroatoms.